The largest absolute Gasteiger partial charge is 0.460 e. The van der Waals surface area contributed by atoms with E-state index in [1.54, 1.807) is 6.26 Å². The van der Waals surface area contributed by atoms with Crippen LogP contribution in [0.4, 0.5) is 0 Å². The van der Waals surface area contributed by atoms with Crippen LogP contribution in [-0.4, -0.2) is 5.78 Å². The molecule has 1 heterocycles. The van der Waals surface area contributed by atoms with E-state index in [0.717, 1.165) is 33.4 Å². The van der Waals surface area contributed by atoms with E-state index in [-0.39, 0.29) is 11.2 Å². The molecule has 0 saturated heterocycles. The fourth-order valence-corrected chi connectivity index (χ4v) is 3.65. The normalized spacial score (nSPS) is 14.8. The Morgan fingerprint density at radius 1 is 1.00 bits per heavy atom. The molecule has 24 heavy (non-hydrogen) atoms. The van der Waals surface area contributed by atoms with Crippen molar-refractivity contribution < 1.29 is 9.21 Å². The first-order valence-electron chi connectivity index (χ1n) is 8.02. The standard InChI is InChI=1S/C22H18O2/c1-14(15-9-5-4-6-10-15)17-13-24-21-19(17)22(2,3)18-12-8-7-11-16(18)20(21)23/h4-13H,1H2,2-3H3. The zero-order valence-electron chi connectivity index (χ0n) is 13.8. The van der Waals surface area contributed by atoms with Gasteiger partial charge < -0.3 is 4.42 Å². The maximum absolute atomic E-state index is 12.8. The van der Waals surface area contributed by atoms with Crippen LogP contribution in [0.25, 0.3) is 5.57 Å². The van der Waals surface area contributed by atoms with Gasteiger partial charge >= 0.3 is 0 Å². The van der Waals surface area contributed by atoms with Crippen molar-refractivity contribution in [3.8, 4) is 0 Å². The van der Waals surface area contributed by atoms with Crippen LogP contribution in [0, 0.1) is 0 Å². The first-order chi connectivity index (χ1) is 11.5. The van der Waals surface area contributed by atoms with E-state index in [1.165, 1.54) is 0 Å². The average molecular weight is 314 g/mol. The lowest BCUT2D eigenvalue weighted by molar-refractivity contribution is 0.0999. The second-order valence-electron chi connectivity index (χ2n) is 6.70. The summed E-state index contributed by atoms with van der Waals surface area (Å²) >= 11 is 0. The van der Waals surface area contributed by atoms with Gasteiger partial charge in [0.25, 0.3) is 0 Å². The Hall–Kier alpha value is -2.87. The lowest BCUT2D eigenvalue weighted by atomic mass is 9.69. The molecule has 0 spiro atoms. The molecule has 3 aromatic rings. The average Bonchev–Trinajstić information content (AvgIpc) is 3.06. The number of rotatable bonds is 2. The van der Waals surface area contributed by atoms with Crippen LogP contribution >= 0.6 is 0 Å². The van der Waals surface area contributed by atoms with Crippen LogP contribution in [0.1, 0.15) is 52.2 Å². The van der Waals surface area contributed by atoms with Gasteiger partial charge in [-0.3, -0.25) is 4.79 Å². The minimum Gasteiger partial charge on any atom is -0.460 e. The summed E-state index contributed by atoms with van der Waals surface area (Å²) in [6.45, 7) is 8.52. The van der Waals surface area contributed by atoms with Crippen LogP contribution in [0.2, 0.25) is 0 Å². The van der Waals surface area contributed by atoms with Crippen molar-refractivity contribution >= 4 is 11.4 Å². The minimum atomic E-state index is -0.320. The summed E-state index contributed by atoms with van der Waals surface area (Å²) in [5.41, 5.74) is 5.18. The third-order valence-electron chi connectivity index (χ3n) is 4.91. The summed E-state index contributed by atoms with van der Waals surface area (Å²) < 4.78 is 5.72. The molecule has 0 amide bonds. The summed E-state index contributed by atoms with van der Waals surface area (Å²) in [7, 11) is 0. The summed E-state index contributed by atoms with van der Waals surface area (Å²) in [4.78, 5) is 12.8. The minimum absolute atomic E-state index is 0.0490. The number of carbonyl (C=O) groups is 1. The molecule has 1 aliphatic rings. The van der Waals surface area contributed by atoms with Gasteiger partial charge in [0, 0.05) is 22.1 Å². The van der Waals surface area contributed by atoms with E-state index < -0.39 is 0 Å². The zero-order chi connectivity index (χ0) is 16.9. The summed E-state index contributed by atoms with van der Waals surface area (Å²) in [5.74, 6) is 0.387. The lowest BCUT2D eigenvalue weighted by Crippen LogP contribution is -2.30. The first-order valence-corrected chi connectivity index (χ1v) is 8.02. The Kier molecular flexibility index (Phi) is 3.10. The predicted octanol–water partition coefficient (Wildman–Crippen LogP) is 5.21. The Morgan fingerprint density at radius 3 is 2.42 bits per heavy atom. The van der Waals surface area contributed by atoms with Crippen molar-refractivity contribution in [2.24, 2.45) is 0 Å². The van der Waals surface area contributed by atoms with E-state index in [4.69, 9.17) is 4.42 Å². The molecule has 1 aliphatic carbocycles. The highest BCUT2D eigenvalue weighted by Crippen LogP contribution is 2.45. The maximum atomic E-state index is 12.8. The third kappa shape index (κ3) is 1.93. The van der Waals surface area contributed by atoms with Gasteiger partial charge in [-0.1, -0.05) is 75.0 Å². The fraction of sp³-hybridized carbons (Fsp3) is 0.136. The van der Waals surface area contributed by atoms with Crippen molar-refractivity contribution in [1.82, 2.24) is 0 Å². The highest BCUT2D eigenvalue weighted by molar-refractivity contribution is 6.12. The molecule has 0 aliphatic heterocycles. The highest BCUT2D eigenvalue weighted by atomic mass is 16.3. The molecular weight excluding hydrogens is 296 g/mol. The summed E-state index contributed by atoms with van der Waals surface area (Å²) in [6.07, 6.45) is 1.67. The van der Waals surface area contributed by atoms with Gasteiger partial charge in [0.1, 0.15) is 0 Å². The zero-order valence-corrected chi connectivity index (χ0v) is 13.8. The van der Waals surface area contributed by atoms with E-state index >= 15 is 0 Å². The second kappa shape index (κ2) is 5.07. The first kappa shape index (κ1) is 14.7. The molecule has 0 radical (unpaired) electrons. The fourth-order valence-electron chi connectivity index (χ4n) is 3.65. The van der Waals surface area contributed by atoms with E-state index in [2.05, 4.69) is 20.4 Å². The quantitative estimate of drug-likeness (QED) is 0.650. The SMILES string of the molecule is C=C(c1ccccc1)c1coc2c1C(C)(C)c1ccccc1C2=O. The number of carbonyl (C=O) groups excluding carboxylic acids is 1. The monoisotopic (exact) mass is 314 g/mol. The highest BCUT2D eigenvalue weighted by Gasteiger charge is 2.41. The molecule has 0 N–H and O–H groups in total. The van der Waals surface area contributed by atoms with E-state index in [9.17, 15) is 4.79 Å². The molecule has 0 saturated carbocycles. The number of benzene rings is 2. The lowest BCUT2D eigenvalue weighted by Gasteiger charge is -2.32. The van der Waals surface area contributed by atoms with Gasteiger partial charge in [-0.2, -0.15) is 0 Å². The molecule has 2 heteroatoms. The van der Waals surface area contributed by atoms with Crippen LogP contribution < -0.4 is 0 Å². The van der Waals surface area contributed by atoms with Crippen LogP contribution in [-0.2, 0) is 5.41 Å². The number of ketones is 1. The molecule has 0 unspecified atom stereocenters. The predicted molar refractivity (Wildman–Crippen MR) is 95.3 cm³/mol. The van der Waals surface area contributed by atoms with E-state index in [1.807, 2.05) is 54.6 Å². The topological polar surface area (TPSA) is 30.2 Å². The number of hydrogen-bond donors (Lipinski definition) is 0. The number of fused-ring (bicyclic) bond motifs is 2. The second-order valence-corrected chi connectivity index (χ2v) is 6.70. The molecule has 0 fully saturated rings. The molecule has 0 atom stereocenters. The third-order valence-corrected chi connectivity index (χ3v) is 4.91. The van der Waals surface area contributed by atoms with Gasteiger partial charge in [0.2, 0.25) is 5.78 Å². The molecule has 118 valence electrons. The Morgan fingerprint density at radius 2 is 1.67 bits per heavy atom. The van der Waals surface area contributed by atoms with Crippen LogP contribution in [0.15, 0.2) is 71.9 Å². The summed E-state index contributed by atoms with van der Waals surface area (Å²) in [6, 6.07) is 17.8. The molecular formula is C22H18O2. The van der Waals surface area contributed by atoms with Crippen molar-refractivity contribution in [3.05, 3.63) is 101 Å². The molecule has 2 aromatic carbocycles. The van der Waals surface area contributed by atoms with Crippen molar-refractivity contribution in [1.29, 1.82) is 0 Å². The van der Waals surface area contributed by atoms with Gasteiger partial charge in [-0.25, -0.2) is 0 Å². The molecule has 1 aromatic heterocycles. The van der Waals surface area contributed by atoms with Crippen molar-refractivity contribution in [2.75, 3.05) is 0 Å². The smallest absolute Gasteiger partial charge is 0.228 e. The Balaban J connectivity index is 1.93. The van der Waals surface area contributed by atoms with Crippen molar-refractivity contribution in [2.45, 2.75) is 19.3 Å². The molecule has 0 bridgehead atoms. The Labute approximate surface area is 141 Å². The molecule has 4 rings (SSSR count). The number of hydrogen-bond acceptors (Lipinski definition) is 2. The van der Waals surface area contributed by atoms with Crippen LogP contribution in [0.3, 0.4) is 0 Å². The Bertz CT molecular complexity index is 959. The van der Waals surface area contributed by atoms with E-state index in [0.29, 0.717) is 5.76 Å². The van der Waals surface area contributed by atoms with Gasteiger partial charge in [-0.15, -0.1) is 0 Å². The van der Waals surface area contributed by atoms with Gasteiger partial charge in [0.05, 0.1) is 6.26 Å². The summed E-state index contributed by atoms with van der Waals surface area (Å²) in [5, 5.41) is 0. The maximum Gasteiger partial charge on any atom is 0.228 e. The van der Waals surface area contributed by atoms with Crippen LogP contribution in [0.5, 0.6) is 0 Å². The van der Waals surface area contributed by atoms with Gasteiger partial charge in [-0.05, 0) is 16.7 Å². The number of furan rings is 1. The van der Waals surface area contributed by atoms with Crippen molar-refractivity contribution in [3.63, 3.8) is 0 Å². The van der Waals surface area contributed by atoms with Gasteiger partial charge in [0.15, 0.2) is 5.76 Å². The molecule has 2 nitrogen and oxygen atoms in total.